The molecule has 0 spiro atoms. The average molecular weight is 530 g/mol. The van der Waals surface area contributed by atoms with Gasteiger partial charge in [-0.1, -0.05) is 129 Å². The molecule has 1 aromatic carbocycles. The molecule has 0 fully saturated rings. The van der Waals surface area contributed by atoms with Crippen molar-refractivity contribution in [2.45, 2.75) is 142 Å². The number of carbonyl (C=O) groups excluding carboxylic acids is 3. The second-order valence-corrected chi connectivity index (χ2v) is 10.9. The van der Waals surface area contributed by atoms with Gasteiger partial charge in [-0.2, -0.15) is 0 Å². The molecular formula is C32H55N3O3. The molecule has 1 aromatic rings. The molecule has 0 aromatic heterocycles. The normalized spacial score (nSPS) is 11.8. The Morgan fingerprint density at radius 1 is 0.579 bits per heavy atom. The number of nitrogens with one attached hydrogen (secondary N) is 1. The summed E-state index contributed by atoms with van der Waals surface area (Å²) in [5, 5.41) is 2.94. The molecule has 0 aliphatic carbocycles. The number of carbonyl (C=O) groups is 3. The van der Waals surface area contributed by atoms with Gasteiger partial charge in [-0.05, 0) is 31.0 Å². The second kappa shape index (κ2) is 21.6. The zero-order chi connectivity index (χ0) is 28.0. The lowest BCUT2D eigenvalue weighted by molar-refractivity contribution is -0.120. The van der Waals surface area contributed by atoms with E-state index < -0.39 is 11.8 Å². The van der Waals surface area contributed by atoms with Crippen LogP contribution in [0.15, 0.2) is 18.2 Å². The molecule has 0 heterocycles. The highest BCUT2D eigenvalue weighted by Gasteiger charge is 2.19. The topological polar surface area (TPSA) is 115 Å². The molecule has 6 heteroatoms. The zero-order valence-electron chi connectivity index (χ0n) is 24.3. The van der Waals surface area contributed by atoms with E-state index in [-0.39, 0.29) is 23.0 Å². The van der Waals surface area contributed by atoms with E-state index in [9.17, 15) is 14.4 Å². The smallest absolute Gasteiger partial charge is 0.248 e. The fourth-order valence-electron chi connectivity index (χ4n) is 5.04. The van der Waals surface area contributed by atoms with Crippen molar-refractivity contribution in [2.75, 3.05) is 5.32 Å². The maximum atomic E-state index is 13.3. The van der Waals surface area contributed by atoms with Crippen LogP contribution in [0.2, 0.25) is 0 Å². The van der Waals surface area contributed by atoms with Crippen LogP contribution in [-0.2, 0) is 4.79 Å². The summed E-state index contributed by atoms with van der Waals surface area (Å²) in [6, 6.07) is 4.39. The van der Waals surface area contributed by atoms with Crippen LogP contribution in [0.1, 0.15) is 163 Å². The highest BCUT2D eigenvalue weighted by atomic mass is 16.2. The first-order valence-corrected chi connectivity index (χ1v) is 15.4. The van der Waals surface area contributed by atoms with Crippen molar-refractivity contribution in [1.82, 2.24) is 0 Å². The second-order valence-electron chi connectivity index (χ2n) is 10.9. The van der Waals surface area contributed by atoms with Crippen molar-refractivity contribution in [3.8, 4) is 0 Å². The van der Waals surface area contributed by atoms with Gasteiger partial charge in [-0.25, -0.2) is 0 Å². The van der Waals surface area contributed by atoms with Gasteiger partial charge >= 0.3 is 0 Å². The summed E-state index contributed by atoms with van der Waals surface area (Å²) < 4.78 is 0. The monoisotopic (exact) mass is 529 g/mol. The first kappa shape index (κ1) is 33.7. The Morgan fingerprint density at radius 2 is 0.921 bits per heavy atom. The Labute approximate surface area is 232 Å². The van der Waals surface area contributed by atoms with E-state index >= 15 is 0 Å². The van der Waals surface area contributed by atoms with Gasteiger partial charge in [-0.15, -0.1) is 0 Å². The fourth-order valence-corrected chi connectivity index (χ4v) is 5.04. The minimum absolute atomic E-state index is 0.0547. The number of rotatable bonds is 24. The number of primary amides is 2. The predicted molar refractivity (Wildman–Crippen MR) is 159 cm³/mol. The van der Waals surface area contributed by atoms with Gasteiger partial charge in [0, 0.05) is 22.7 Å². The third-order valence-electron chi connectivity index (χ3n) is 7.45. The molecular weight excluding hydrogens is 474 g/mol. The van der Waals surface area contributed by atoms with Crippen LogP contribution in [0, 0.1) is 5.92 Å². The summed E-state index contributed by atoms with van der Waals surface area (Å²) in [7, 11) is 0. The summed E-state index contributed by atoms with van der Waals surface area (Å²) in [5.74, 6) is -1.46. The molecule has 216 valence electrons. The van der Waals surface area contributed by atoms with Gasteiger partial charge < -0.3 is 16.8 Å². The number of benzene rings is 1. The van der Waals surface area contributed by atoms with Crippen molar-refractivity contribution >= 4 is 23.4 Å². The van der Waals surface area contributed by atoms with E-state index in [4.69, 9.17) is 11.5 Å². The maximum absolute atomic E-state index is 13.3. The lowest BCUT2D eigenvalue weighted by Crippen LogP contribution is -2.24. The predicted octanol–water partition coefficient (Wildman–Crippen LogP) is 8.28. The quantitative estimate of drug-likeness (QED) is 0.117. The number of anilines is 1. The number of hydrogen-bond acceptors (Lipinski definition) is 3. The Kier molecular flexibility index (Phi) is 19.1. The van der Waals surface area contributed by atoms with Crippen molar-refractivity contribution in [2.24, 2.45) is 17.4 Å². The molecule has 6 nitrogen and oxygen atoms in total. The van der Waals surface area contributed by atoms with Gasteiger partial charge in [0.15, 0.2) is 0 Å². The van der Waals surface area contributed by atoms with Gasteiger partial charge in [0.2, 0.25) is 17.7 Å². The van der Waals surface area contributed by atoms with Crippen molar-refractivity contribution < 1.29 is 14.4 Å². The minimum atomic E-state index is -0.663. The van der Waals surface area contributed by atoms with Crippen LogP contribution < -0.4 is 16.8 Å². The van der Waals surface area contributed by atoms with Gasteiger partial charge in [-0.3, -0.25) is 14.4 Å². The molecule has 1 unspecified atom stereocenters. The number of hydrogen-bond donors (Lipinski definition) is 3. The summed E-state index contributed by atoms with van der Waals surface area (Å²) >= 11 is 0. The van der Waals surface area contributed by atoms with Crippen LogP contribution in [0.5, 0.6) is 0 Å². The van der Waals surface area contributed by atoms with Crippen LogP contribution in [0.3, 0.4) is 0 Å². The van der Waals surface area contributed by atoms with Crippen LogP contribution in [-0.4, -0.2) is 17.7 Å². The van der Waals surface area contributed by atoms with E-state index in [2.05, 4.69) is 19.2 Å². The molecule has 0 aliphatic rings. The number of amides is 3. The first-order valence-electron chi connectivity index (χ1n) is 15.4. The first-order chi connectivity index (χ1) is 18.4. The highest BCUT2D eigenvalue weighted by Crippen LogP contribution is 2.23. The molecule has 0 bridgehead atoms. The van der Waals surface area contributed by atoms with E-state index in [1.54, 1.807) is 0 Å². The van der Waals surface area contributed by atoms with Crippen LogP contribution >= 0.6 is 0 Å². The third kappa shape index (κ3) is 15.8. The molecule has 1 atom stereocenters. The van der Waals surface area contributed by atoms with E-state index in [1.165, 1.54) is 108 Å². The van der Waals surface area contributed by atoms with Gasteiger partial charge in [0.25, 0.3) is 0 Å². The highest BCUT2D eigenvalue weighted by molar-refractivity contribution is 6.02. The maximum Gasteiger partial charge on any atom is 0.248 e. The Morgan fingerprint density at radius 3 is 1.26 bits per heavy atom. The molecule has 0 radical (unpaired) electrons. The number of nitrogens with two attached hydrogens (primary N) is 2. The zero-order valence-corrected chi connectivity index (χ0v) is 24.3. The lowest BCUT2D eigenvalue weighted by atomic mass is 9.93. The van der Waals surface area contributed by atoms with Gasteiger partial charge in [0.05, 0.1) is 0 Å². The van der Waals surface area contributed by atoms with Gasteiger partial charge in [0.1, 0.15) is 0 Å². The summed E-state index contributed by atoms with van der Waals surface area (Å²) in [5.41, 5.74) is 11.5. The fraction of sp³-hybridized carbons (Fsp3) is 0.719. The average Bonchev–Trinajstić information content (AvgIpc) is 2.89. The minimum Gasteiger partial charge on any atom is -0.366 e. The molecule has 0 aliphatic heterocycles. The van der Waals surface area contributed by atoms with Crippen LogP contribution in [0.25, 0.3) is 0 Å². The standard InChI is InChI=1S/C32H55N3O3/c1-3-5-7-9-11-13-14-16-18-20-22-26(21-19-17-15-12-10-8-6-4-2)32(38)35-29-24-27(30(33)36)23-28(25-29)31(34)37/h23-26H,3-22H2,1-2H3,(H2,33,36)(H2,34,37)(H,35,38). The Balaban J connectivity index is 2.60. The van der Waals surface area contributed by atoms with Crippen molar-refractivity contribution in [3.63, 3.8) is 0 Å². The van der Waals surface area contributed by atoms with Crippen molar-refractivity contribution in [3.05, 3.63) is 29.3 Å². The number of unbranched alkanes of at least 4 members (excludes halogenated alkanes) is 16. The van der Waals surface area contributed by atoms with Crippen LogP contribution in [0.4, 0.5) is 5.69 Å². The largest absolute Gasteiger partial charge is 0.366 e. The lowest BCUT2D eigenvalue weighted by Gasteiger charge is -2.18. The molecule has 3 amide bonds. The summed E-state index contributed by atoms with van der Waals surface area (Å²) in [6.07, 6.45) is 24.3. The third-order valence-corrected chi connectivity index (χ3v) is 7.45. The van der Waals surface area contributed by atoms with E-state index in [0.717, 1.165) is 38.5 Å². The van der Waals surface area contributed by atoms with Crippen molar-refractivity contribution in [1.29, 1.82) is 0 Å². The molecule has 0 saturated carbocycles. The molecule has 1 rings (SSSR count). The van der Waals surface area contributed by atoms with E-state index in [0.29, 0.717) is 5.69 Å². The molecule has 38 heavy (non-hydrogen) atoms. The Bertz CT molecular complexity index is 777. The SMILES string of the molecule is CCCCCCCCCCCCC(CCCCCCCCCC)C(=O)Nc1cc(C(N)=O)cc(C(N)=O)c1. The molecule has 5 N–H and O–H groups in total. The summed E-state index contributed by atoms with van der Waals surface area (Å²) in [6.45, 7) is 4.48. The molecule has 0 saturated heterocycles. The van der Waals surface area contributed by atoms with E-state index in [1.807, 2.05) is 0 Å². The summed E-state index contributed by atoms with van der Waals surface area (Å²) in [4.78, 5) is 36.7. The Hall–Kier alpha value is -2.37.